The second-order valence-electron chi connectivity index (χ2n) is 6.65. The first-order valence-corrected chi connectivity index (χ1v) is 9.74. The molecule has 0 aliphatic carbocycles. The Morgan fingerprint density at radius 2 is 1.85 bits per heavy atom. The monoisotopic (exact) mass is 387 g/mol. The highest BCUT2D eigenvalue weighted by molar-refractivity contribution is 7.22. The maximum Gasteiger partial charge on any atom is 0.223 e. The number of nitrogens with one attached hydrogen (secondary N) is 1. The van der Waals surface area contributed by atoms with Gasteiger partial charge in [0.1, 0.15) is 17.2 Å². The second-order valence-corrected chi connectivity index (χ2v) is 7.66. The first-order chi connectivity index (χ1) is 13.1. The molecule has 2 aromatic carbocycles. The van der Waals surface area contributed by atoms with Crippen LogP contribution in [0.25, 0.3) is 10.2 Å². The van der Waals surface area contributed by atoms with E-state index in [4.69, 9.17) is 0 Å². The number of benzene rings is 2. The fraction of sp³-hybridized carbons (Fsp3) is 0.300. The maximum absolute atomic E-state index is 13.8. The lowest BCUT2D eigenvalue weighted by molar-refractivity contribution is -0.125. The number of anilines is 1. The number of para-hydroxylation sites is 1. The number of halogens is 2. The molecule has 1 aliphatic heterocycles. The van der Waals surface area contributed by atoms with E-state index < -0.39 is 0 Å². The standard InChI is InChI=1S/C20H19F2N3OS/c21-15-5-2-1-4-14(15)12-23-19(26)13-8-10-25(11-9-13)20-24-18-16(22)6-3-7-17(18)27-20/h1-7,13H,8-12H2,(H,23,26). The average molecular weight is 387 g/mol. The van der Waals surface area contributed by atoms with E-state index in [1.165, 1.54) is 23.5 Å². The average Bonchev–Trinajstić information content (AvgIpc) is 3.13. The molecule has 0 radical (unpaired) electrons. The van der Waals surface area contributed by atoms with Crippen LogP contribution in [0.3, 0.4) is 0 Å². The van der Waals surface area contributed by atoms with Crippen molar-refractivity contribution >= 4 is 32.6 Å². The smallest absolute Gasteiger partial charge is 0.223 e. The summed E-state index contributed by atoms with van der Waals surface area (Å²) in [6.07, 6.45) is 1.39. The Labute approximate surface area is 159 Å². The molecule has 4 nitrogen and oxygen atoms in total. The highest BCUT2D eigenvalue weighted by atomic mass is 32.1. The van der Waals surface area contributed by atoms with Gasteiger partial charge in [0.25, 0.3) is 0 Å². The minimum atomic E-state index is -0.310. The Morgan fingerprint density at radius 3 is 2.59 bits per heavy atom. The van der Waals surface area contributed by atoms with Gasteiger partial charge in [-0.1, -0.05) is 35.6 Å². The normalized spacial score (nSPS) is 15.3. The van der Waals surface area contributed by atoms with Gasteiger partial charge in [-0.15, -0.1) is 0 Å². The van der Waals surface area contributed by atoms with Crippen LogP contribution in [0.15, 0.2) is 42.5 Å². The molecular weight excluding hydrogens is 368 g/mol. The zero-order valence-corrected chi connectivity index (χ0v) is 15.4. The van der Waals surface area contributed by atoms with Gasteiger partial charge in [-0.3, -0.25) is 4.79 Å². The van der Waals surface area contributed by atoms with Crippen LogP contribution in [-0.4, -0.2) is 24.0 Å². The van der Waals surface area contributed by atoms with Gasteiger partial charge in [0.2, 0.25) is 5.91 Å². The van der Waals surface area contributed by atoms with E-state index in [1.807, 2.05) is 6.07 Å². The fourth-order valence-electron chi connectivity index (χ4n) is 3.34. The van der Waals surface area contributed by atoms with Crippen molar-refractivity contribution < 1.29 is 13.6 Å². The van der Waals surface area contributed by atoms with Crippen molar-refractivity contribution in [2.24, 2.45) is 5.92 Å². The quantitative estimate of drug-likeness (QED) is 0.733. The molecule has 1 amide bonds. The van der Waals surface area contributed by atoms with Crippen LogP contribution in [0, 0.1) is 17.6 Å². The van der Waals surface area contributed by atoms with Crippen LogP contribution in [-0.2, 0) is 11.3 Å². The molecule has 2 heterocycles. The van der Waals surface area contributed by atoms with E-state index in [-0.39, 0.29) is 30.0 Å². The minimum absolute atomic E-state index is 0.0479. The summed E-state index contributed by atoms with van der Waals surface area (Å²) in [5.74, 6) is -0.763. The SMILES string of the molecule is O=C(NCc1ccccc1F)C1CCN(c2nc3c(F)cccc3s2)CC1. The maximum atomic E-state index is 13.8. The zero-order chi connectivity index (χ0) is 18.8. The van der Waals surface area contributed by atoms with Gasteiger partial charge < -0.3 is 10.2 Å². The molecule has 0 bridgehead atoms. The number of rotatable bonds is 4. The first-order valence-electron chi connectivity index (χ1n) is 8.93. The lowest BCUT2D eigenvalue weighted by Gasteiger charge is -2.31. The van der Waals surface area contributed by atoms with Crippen LogP contribution >= 0.6 is 11.3 Å². The van der Waals surface area contributed by atoms with Crippen molar-refractivity contribution in [3.8, 4) is 0 Å². The van der Waals surface area contributed by atoms with Gasteiger partial charge >= 0.3 is 0 Å². The summed E-state index contributed by atoms with van der Waals surface area (Å²) in [4.78, 5) is 18.9. The molecule has 140 valence electrons. The number of thiazole rings is 1. The zero-order valence-electron chi connectivity index (χ0n) is 14.6. The number of carbonyl (C=O) groups excluding carboxylic acids is 1. The van der Waals surface area contributed by atoms with E-state index >= 15 is 0 Å². The number of amides is 1. The number of fused-ring (bicyclic) bond motifs is 1. The van der Waals surface area contributed by atoms with Crippen LogP contribution in [0.1, 0.15) is 18.4 Å². The van der Waals surface area contributed by atoms with Gasteiger partial charge in [-0.05, 0) is 31.0 Å². The van der Waals surface area contributed by atoms with Crippen molar-refractivity contribution in [3.05, 3.63) is 59.7 Å². The molecule has 27 heavy (non-hydrogen) atoms. The Hall–Kier alpha value is -2.54. The summed E-state index contributed by atoms with van der Waals surface area (Å²) in [6, 6.07) is 11.4. The predicted octanol–water partition coefficient (Wildman–Crippen LogP) is 4.11. The van der Waals surface area contributed by atoms with Crippen LogP contribution < -0.4 is 10.2 Å². The van der Waals surface area contributed by atoms with E-state index in [2.05, 4.69) is 15.2 Å². The van der Waals surface area contributed by atoms with Gasteiger partial charge in [-0.2, -0.15) is 0 Å². The molecule has 7 heteroatoms. The molecule has 0 saturated carbocycles. The molecule has 0 unspecified atom stereocenters. The third-order valence-corrected chi connectivity index (χ3v) is 5.99. The van der Waals surface area contributed by atoms with E-state index in [1.54, 1.807) is 24.3 Å². The van der Waals surface area contributed by atoms with Gasteiger partial charge in [0.05, 0.1) is 4.70 Å². The van der Waals surface area contributed by atoms with Crippen molar-refractivity contribution in [2.75, 3.05) is 18.0 Å². The summed E-state index contributed by atoms with van der Waals surface area (Å²) in [5, 5.41) is 3.62. The van der Waals surface area contributed by atoms with Gasteiger partial charge in [-0.25, -0.2) is 13.8 Å². The van der Waals surface area contributed by atoms with Crippen molar-refractivity contribution in [3.63, 3.8) is 0 Å². The number of hydrogen-bond donors (Lipinski definition) is 1. The lowest BCUT2D eigenvalue weighted by Crippen LogP contribution is -2.40. The molecule has 0 spiro atoms. The number of aromatic nitrogens is 1. The van der Waals surface area contributed by atoms with Crippen molar-refractivity contribution in [2.45, 2.75) is 19.4 Å². The third kappa shape index (κ3) is 3.78. The number of piperidine rings is 1. The number of carbonyl (C=O) groups is 1. The first kappa shape index (κ1) is 17.9. The largest absolute Gasteiger partial charge is 0.352 e. The molecule has 1 saturated heterocycles. The van der Waals surface area contributed by atoms with Crippen molar-refractivity contribution in [1.29, 1.82) is 0 Å². The van der Waals surface area contributed by atoms with Gasteiger partial charge in [0.15, 0.2) is 5.13 Å². The molecule has 1 aliphatic rings. The van der Waals surface area contributed by atoms with Gasteiger partial charge in [0, 0.05) is 31.1 Å². The molecule has 1 fully saturated rings. The Balaban J connectivity index is 1.34. The highest BCUT2D eigenvalue weighted by Gasteiger charge is 2.26. The van der Waals surface area contributed by atoms with Crippen LogP contribution in [0.2, 0.25) is 0 Å². The molecule has 4 rings (SSSR count). The Bertz CT molecular complexity index is 967. The number of nitrogens with zero attached hydrogens (tertiary/aromatic N) is 2. The number of hydrogen-bond acceptors (Lipinski definition) is 4. The molecule has 1 N–H and O–H groups in total. The summed E-state index contributed by atoms with van der Waals surface area (Å²) < 4.78 is 28.3. The highest BCUT2D eigenvalue weighted by Crippen LogP contribution is 2.32. The van der Waals surface area contributed by atoms with E-state index in [9.17, 15) is 13.6 Å². The summed E-state index contributed by atoms with van der Waals surface area (Å²) in [5.41, 5.74) is 0.891. The second kappa shape index (κ2) is 7.60. The predicted molar refractivity (Wildman–Crippen MR) is 103 cm³/mol. The Kier molecular flexibility index (Phi) is 5.03. The van der Waals surface area contributed by atoms with Crippen LogP contribution in [0.4, 0.5) is 13.9 Å². The molecule has 1 aromatic heterocycles. The summed E-state index contributed by atoms with van der Waals surface area (Å²) >= 11 is 1.47. The minimum Gasteiger partial charge on any atom is -0.352 e. The lowest BCUT2D eigenvalue weighted by atomic mass is 9.96. The Morgan fingerprint density at radius 1 is 1.11 bits per heavy atom. The third-order valence-electron chi connectivity index (χ3n) is 4.91. The molecular formula is C20H19F2N3OS. The van der Waals surface area contributed by atoms with Crippen LogP contribution in [0.5, 0.6) is 0 Å². The molecule has 3 aromatic rings. The molecule has 0 atom stereocenters. The van der Waals surface area contributed by atoms with E-state index in [0.717, 1.165) is 9.83 Å². The summed E-state index contributed by atoms with van der Waals surface area (Å²) in [6.45, 7) is 1.58. The summed E-state index contributed by atoms with van der Waals surface area (Å²) in [7, 11) is 0. The van der Waals surface area contributed by atoms with Crippen molar-refractivity contribution in [1.82, 2.24) is 10.3 Å². The topological polar surface area (TPSA) is 45.2 Å². The van der Waals surface area contributed by atoms with E-state index in [0.29, 0.717) is 37.0 Å². The fourth-order valence-corrected chi connectivity index (χ4v) is 4.37.